The zero-order valence-electron chi connectivity index (χ0n) is 17.9. The fourth-order valence-corrected chi connectivity index (χ4v) is 5.63. The van der Waals surface area contributed by atoms with Gasteiger partial charge in [-0.1, -0.05) is 6.07 Å². The molecule has 0 radical (unpaired) electrons. The van der Waals surface area contributed by atoms with E-state index in [4.69, 9.17) is 5.73 Å². The van der Waals surface area contributed by atoms with Gasteiger partial charge >= 0.3 is 0 Å². The Labute approximate surface area is 186 Å². The van der Waals surface area contributed by atoms with Crippen LogP contribution < -0.4 is 15.2 Å². The SMILES string of the molecule is Cc1cc(C)c(S(=O)(=O)Nc2ccc(-n3ccc(C(N)=O)n3)cc2)c(C)c1NS(C)(=O)=O. The van der Waals surface area contributed by atoms with Gasteiger partial charge in [0.1, 0.15) is 5.69 Å². The quantitative estimate of drug-likeness (QED) is 0.473. The van der Waals surface area contributed by atoms with Gasteiger partial charge in [-0.05, 0) is 67.8 Å². The topological polar surface area (TPSA) is 153 Å². The predicted octanol–water partition coefficient (Wildman–Crippen LogP) is 2.07. The average Bonchev–Trinajstić information content (AvgIpc) is 3.15. The molecule has 0 unspecified atom stereocenters. The highest BCUT2D eigenvalue weighted by atomic mass is 32.2. The number of anilines is 2. The minimum atomic E-state index is -4.02. The number of hydrogen-bond acceptors (Lipinski definition) is 6. The van der Waals surface area contributed by atoms with Crippen LogP contribution in [0.3, 0.4) is 0 Å². The number of carbonyl (C=O) groups is 1. The highest BCUT2D eigenvalue weighted by molar-refractivity contribution is 7.93. The van der Waals surface area contributed by atoms with Crippen LogP contribution in [0, 0.1) is 20.8 Å². The number of carbonyl (C=O) groups excluding carboxylic acids is 1. The number of aromatic nitrogens is 2. The van der Waals surface area contributed by atoms with Crippen molar-refractivity contribution in [3.63, 3.8) is 0 Å². The first-order valence-electron chi connectivity index (χ1n) is 9.36. The van der Waals surface area contributed by atoms with E-state index in [1.165, 1.54) is 10.7 Å². The third-order valence-electron chi connectivity index (χ3n) is 4.68. The fraction of sp³-hybridized carbons (Fsp3) is 0.200. The van der Waals surface area contributed by atoms with Gasteiger partial charge in [0.2, 0.25) is 10.0 Å². The number of nitrogens with zero attached hydrogens (tertiary/aromatic N) is 2. The van der Waals surface area contributed by atoms with Crippen LogP contribution in [-0.4, -0.2) is 38.8 Å². The first kappa shape index (κ1) is 23.3. The van der Waals surface area contributed by atoms with Crippen molar-refractivity contribution in [2.45, 2.75) is 25.7 Å². The lowest BCUT2D eigenvalue weighted by atomic mass is 10.1. The van der Waals surface area contributed by atoms with Crippen molar-refractivity contribution in [2.24, 2.45) is 5.73 Å². The van der Waals surface area contributed by atoms with Gasteiger partial charge in [0.05, 0.1) is 22.5 Å². The molecule has 32 heavy (non-hydrogen) atoms. The molecule has 0 aliphatic rings. The Balaban J connectivity index is 1.94. The molecule has 0 saturated heterocycles. The number of hydrogen-bond donors (Lipinski definition) is 3. The third kappa shape index (κ3) is 4.92. The number of rotatable bonds is 7. The van der Waals surface area contributed by atoms with E-state index in [2.05, 4.69) is 14.5 Å². The highest BCUT2D eigenvalue weighted by Crippen LogP contribution is 2.32. The van der Waals surface area contributed by atoms with Crippen LogP contribution in [-0.2, 0) is 20.0 Å². The van der Waals surface area contributed by atoms with Crippen LogP contribution >= 0.6 is 0 Å². The van der Waals surface area contributed by atoms with E-state index in [1.807, 2.05) is 0 Å². The Morgan fingerprint density at radius 1 is 0.969 bits per heavy atom. The van der Waals surface area contributed by atoms with Crippen LogP contribution in [0.2, 0.25) is 0 Å². The smallest absolute Gasteiger partial charge is 0.269 e. The Bertz CT molecular complexity index is 1410. The largest absolute Gasteiger partial charge is 0.364 e. The van der Waals surface area contributed by atoms with Crippen LogP contribution in [0.5, 0.6) is 0 Å². The van der Waals surface area contributed by atoms with Gasteiger partial charge in [-0.3, -0.25) is 14.2 Å². The summed E-state index contributed by atoms with van der Waals surface area (Å²) >= 11 is 0. The minimum Gasteiger partial charge on any atom is -0.364 e. The molecule has 0 saturated carbocycles. The summed E-state index contributed by atoms with van der Waals surface area (Å²) in [5.41, 5.74) is 7.84. The van der Waals surface area contributed by atoms with Crippen molar-refractivity contribution in [2.75, 3.05) is 15.7 Å². The van der Waals surface area contributed by atoms with E-state index in [0.717, 1.165) is 6.26 Å². The standard InChI is InChI=1S/C20H23N5O5S2/c1-12-11-13(2)19(14(3)18(12)24-31(4,27)28)32(29,30)23-15-5-7-16(8-6-15)25-10-9-17(22-25)20(21)26/h5-11,23-24H,1-4H3,(H2,21,26). The Morgan fingerprint density at radius 3 is 2.12 bits per heavy atom. The van der Waals surface area contributed by atoms with Crippen molar-refractivity contribution in [1.82, 2.24) is 9.78 Å². The first-order valence-corrected chi connectivity index (χ1v) is 12.7. The molecule has 3 aromatic rings. The Kier molecular flexibility index (Phi) is 6.03. The number of nitrogens with one attached hydrogen (secondary N) is 2. The molecule has 0 fully saturated rings. The molecule has 0 bridgehead atoms. The van der Waals surface area contributed by atoms with E-state index in [9.17, 15) is 21.6 Å². The van der Waals surface area contributed by atoms with E-state index in [0.29, 0.717) is 28.1 Å². The van der Waals surface area contributed by atoms with Gasteiger partial charge < -0.3 is 5.73 Å². The molecule has 0 atom stereocenters. The summed E-state index contributed by atoms with van der Waals surface area (Å²) < 4.78 is 56.1. The zero-order valence-corrected chi connectivity index (χ0v) is 19.5. The molecule has 0 aliphatic heterocycles. The summed E-state index contributed by atoms with van der Waals surface area (Å²) in [7, 11) is -7.62. The lowest BCUT2D eigenvalue weighted by molar-refractivity contribution is 0.0995. The second kappa shape index (κ2) is 8.28. The maximum absolute atomic E-state index is 13.1. The number of amides is 1. The summed E-state index contributed by atoms with van der Waals surface area (Å²) in [6.07, 6.45) is 2.57. The highest BCUT2D eigenvalue weighted by Gasteiger charge is 2.24. The summed E-state index contributed by atoms with van der Waals surface area (Å²) in [6, 6.07) is 9.44. The maximum atomic E-state index is 13.1. The predicted molar refractivity (Wildman–Crippen MR) is 122 cm³/mol. The molecule has 3 rings (SSSR count). The van der Waals surface area contributed by atoms with Crippen molar-refractivity contribution < 1.29 is 21.6 Å². The summed E-state index contributed by atoms with van der Waals surface area (Å²) in [5, 5.41) is 4.05. The number of sulfonamides is 2. The lowest BCUT2D eigenvalue weighted by Crippen LogP contribution is -2.19. The van der Waals surface area contributed by atoms with Gasteiger partial charge in [-0.25, -0.2) is 21.5 Å². The first-order chi connectivity index (χ1) is 14.8. The van der Waals surface area contributed by atoms with Gasteiger partial charge in [-0.15, -0.1) is 0 Å². The summed E-state index contributed by atoms with van der Waals surface area (Å²) in [6.45, 7) is 4.91. The normalized spacial score (nSPS) is 11.9. The molecule has 0 spiro atoms. The van der Waals surface area contributed by atoms with Gasteiger partial charge in [0, 0.05) is 11.9 Å². The van der Waals surface area contributed by atoms with E-state index < -0.39 is 26.0 Å². The van der Waals surface area contributed by atoms with Gasteiger partial charge in [0.15, 0.2) is 0 Å². The second-order valence-corrected chi connectivity index (χ2v) is 10.7. The Morgan fingerprint density at radius 2 is 1.59 bits per heavy atom. The molecular formula is C20H23N5O5S2. The molecule has 2 aromatic carbocycles. The van der Waals surface area contributed by atoms with Crippen molar-refractivity contribution >= 4 is 37.3 Å². The molecule has 1 heterocycles. The van der Waals surface area contributed by atoms with Crippen LogP contribution in [0.25, 0.3) is 5.69 Å². The molecule has 1 amide bonds. The summed E-state index contributed by atoms with van der Waals surface area (Å²) in [5.74, 6) is -0.651. The van der Waals surface area contributed by atoms with Crippen LogP contribution in [0.15, 0.2) is 47.5 Å². The zero-order chi connectivity index (χ0) is 23.8. The number of benzene rings is 2. The molecule has 10 nitrogen and oxygen atoms in total. The molecular weight excluding hydrogens is 454 g/mol. The van der Waals surface area contributed by atoms with Gasteiger partial charge in [0.25, 0.3) is 15.9 Å². The lowest BCUT2D eigenvalue weighted by Gasteiger charge is -2.19. The van der Waals surface area contributed by atoms with E-state index in [-0.39, 0.29) is 16.3 Å². The molecule has 170 valence electrons. The average molecular weight is 478 g/mol. The van der Waals surface area contributed by atoms with Crippen molar-refractivity contribution in [1.29, 1.82) is 0 Å². The molecule has 0 aliphatic carbocycles. The molecule has 4 N–H and O–H groups in total. The third-order valence-corrected chi connectivity index (χ3v) is 6.93. The summed E-state index contributed by atoms with van der Waals surface area (Å²) in [4.78, 5) is 11.2. The second-order valence-electron chi connectivity index (χ2n) is 7.38. The van der Waals surface area contributed by atoms with Crippen molar-refractivity contribution in [3.05, 3.63) is 65.0 Å². The fourth-order valence-electron chi connectivity index (χ4n) is 3.41. The van der Waals surface area contributed by atoms with Crippen molar-refractivity contribution in [3.8, 4) is 5.69 Å². The number of aryl methyl sites for hydroxylation is 2. The number of primary amides is 1. The monoisotopic (exact) mass is 477 g/mol. The van der Waals surface area contributed by atoms with E-state index >= 15 is 0 Å². The Hall–Kier alpha value is -3.38. The minimum absolute atomic E-state index is 0.00324. The van der Waals surface area contributed by atoms with E-state index in [1.54, 1.807) is 57.3 Å². The van der Waals surface area contributed by atoms with Crippen LogP contribution in [0.1, 0.15) is 27.2 Å². The molecule has 1 aromatic heterocycles. The number of nitrogens with two attached hydrogens (primary N) is 1. The van der Waals surface area contributed by atoms with Crippen LogP contribution in [0.4, 0.5) is 11.4 Å². The van der Waals surface area contributed by atoms with Gasteiger partial charge in [-0.2, -0.15) is 5.10 Å². The molecule has 12 heteroatoms. The maximum Gasteiger partial charge on any atom is 0.269 e.